The van der Waals surface area contributed by atoms with E-state index in [1.165, 1.54) is 29.9 Å². The molecule has 3 aromatic rings. The lowest BCUT2D eigenvalue weighted by molar-refractivity contribution is -0.139. The summed E-state index contributed by atoms with van der Waals surface area (Å²) >= 11 is 1.19. The number of esters is 2. The van der Waals surface area contributed by atoms with Gasteiger partial charge in [0.2, 0.25) is 0 Å². The first kappa shape index (κ1) is 27.6. The summed E-state index contributed by atoms with van der Waals surface area (Å²) < 4.78 is 28.7. The normalized spacial score (nSPS) is 14.8. The van der Waals surface area contributed by atoms with Crippen molar-refractivity contribution in [2.45, 2.75) is 26.8 Å². The summed E-state index contributed by atoms with van der Waals surface area (Å²) in [6.07, 6.45) is 1.70. The number of aromatic nitrogens is 1. The predicted molar refractivity (Wildman–Crippen MR) is 144 cm³/mol. The van der Waals surface area contributed by atoms with Crippen LogP contribution in [0.25, 0.3) is 6.08 Å². The summed E-state index contributed by atoms with van der Waals surface area (Å²) in [4.78, 5) is 43.6. The van der Waals surface area contributed by atoms with Gasteiger partial charge in [-0.25, -0.2) is 9.79 Å². The van der Waals surface area contributed by atoms with Gasteiger partial charge in [-0.3, -0.25) is 14.2 Å². The van der Waals surface area contributed by atoms with Crippen LogP contribution in [0.2, 0.25) is 0 Å². The standard InChI is InChI=1S/C28H28N2O8S/c1-7-37-27(33)24-15(2)29-28-30(25(24)17-8-10-21(38-16(3)31)22(13-17)36-6)26(32)23(39-28)14-18-12-19(34-4)9-11-20(18)35-5/h8-14,25H,7H2,1-6H3. The quantitative estimate of drug-likeness (QED) is 0.310. The Balaban J connectivity index is 1.97. The molecule has 39 heavy (non-hydrogen) atoms. The molecular formula is C28H28N2O8S. The van der Waals surface area contributed by atoms with Gasteiger partial charge in [0.1, 0.15) is 11.5 Å². The zero-order valence-electron chi connectivity index (χ0n) is 22.4. The van der Waals surface area contributed by atoms with Gasteiger partial charge in [0.25, 0.3) is 5.56 Å². The van der Waals surface area contributed by atoms with Gasteiger partial charge in [0.05, 0.1) is 49.8 Å². The molecule has 1 atom stereocenters. The molecule has 0 fully saturated rings. The number of allylic oxidation sites excluding steroid dienone is 1. The summed E-state index contributed by atoms with van der Waals surface area (Å²) in [6.45, 7) is 4.84. The Morgan fingerprint density at radius 1 is 1.03 bits per heavy atom. The Labute approximate surface area is 228 Å². The van der Waals surface area contributed by atoms with Crippen molar-refractivity contribution in [3.05, 3.63) is 78.5 Å². The number of benzene rings is 2. The minimum Gasteiger partial charge on any atom is -0.497 e. The molecule has 0 spiro atoms. The lowest BCUT2D eigenvalue weighted by Gasteiger charge is -2.25. The Kier molecular flexibility index (Phi) is 8.20. The number of nitrogens with zero attached hydrogens (tertiary/aromatic N) is 2. The van der Waals surface area contributed by atoms with Crippen LogP contribution in [0.15, 0.2) is 57.5 Å². The second-order valence-electron chi connectivity index (χ2n) is 8.41. The van der Waals surface area contributed by atoms with Gasteiger partial charge >= 0.3 is 11.9 Å². The Hall–Kier alpha value is -4.38. The van der Waals surface area contributed by atoms with Crippen LogP contribution in [0.3, 0.4) is 0 Å². The van der Waals surface area contributed by atoms with E-state index in [0.717, 1.165) is 0 Å². The third kappa shape index (κ3) is 5.44. The summed E-state index contributed by atoms with van der Waals surface area (Å²) in [5.41, 5.74) is 1.48. The molecule has 0 saturated carbocycles. The Bertz CT molecular complexity index is 1650. The van der Waals surface area contributed by atoms with Crippen molar-refractivity contribution in [3.8, 4) is 23.0 Å². The first-order chi connectivity index (χ1) is 18.7. The van der Waals surface area contributed by atoms with Crippen LogP contribution < -0.4 is 33.8 Å². The van der Waals surface area contributed by atoms with Crippen LogP contribution in [0.5, 0.6) is 23.0 Å². The molecule has 0 N–H and O–H groups in total. The molecule has 0 bridgehead atoms. The molecule has 11 heteroatoms. The second-order valence-corrected chi connectivity index (χ2v) is 9.42. The highest BCUT2D eigenvalue weighted by Gasteiger charge is 2.34. The first-order valence-electron chi connectivity index (χ1n) is 12.0. The minimum atomic E-state index is -0.866. The van der Waals surface area contributed by atoms with Crippen LogP contribution in [-0.4, -0.2) is 44.4 Å². The Morgan fingerprint density at radius 2 is 1.74 bits per heavy atom. The van der Waals surface area contributed by atoms with Crippen molar-refractivity contribution in [2.75, 3.05) is 27.9 Å². The van der Waals surface area contributed by atoms with E-state index in [-0.39, 0.29) is 29.2 Å². The fourth-order valence-electron chi connectivity index (χ4n) is 4.29. The highest BCUT2D eigenvalue weighted by molar-refractivity contribution is 7.07. The maximum absolute atomic E-state index is 13.9. The molecule has 204 valence electrons. The average molecular weight is 553 g/mol. The number of hydrogen-bond donors (Lipinski definition) is 0. The van der Waals surface area contributed by atoms with Gasteiger partial charge in [0.15, 0.2) is 16.3 Å². The van der Waals surface area contributed by atoms with Gasteiger partial charge in [-0.2, -0.15) is 0 Å². The topological polar surface area (TPSA) is 115 Å². The fourth-order valence-corrected chi connectivity index (χ4v) is 5.33. The van der Waals surface area contributed by atoms with Crippen molar-refractivity contribution in [1.82, 2.24) is 4.57 Å². The number of rotatable bonds is 8. The van der Waals surface area contributed by atoms with E-state index in [4.69, 9.17) is 23.7 Å². The van der Waals surface area contributed by atoms with Crippen LogP contribution in [-0.2, 0) is 14.3 Å². The third-order valence-electron chi connectivity index (χ3n) is 6.00. The van der Waals surface area contributed by atoms with Gasteiger partial charge in [0, 0.05) is 12.5 Å². The van der Waals surface area contributed by atoms with Crippen LogP contribution >= 0.6 is 11.3 Å². The number of fused-ring (bicyclic) bond motifs is 1. The Morgan fingerprint density at radius 3 is 2.38 bits per heavy atom. The number of hydrogen-bond acceptors (Lipinski definition) is 10. The third-order valence-corrected chi connectivity index (χ3v) is 6.98. The number of methoxy groups -OCH3 is 3. The summed E-state index contributed by atoms with van der Waals surface area (Å²) in [7, 11) is 4.54. The molecule has 0 aliphatic carbocycles. The number of carbonyl (C=O) groups is 2. The van der Waals surface area contributed by atoms with Crippen LogP contribution in [0.4, 0.5) is 0 Å². The van der Waals surface area contributed by atoms with Gasteiger partial charge in [-0.05, 0) is 55.8 Å². The molecule has 2 aromatic carbocycles. The molecule has 0 amide bonds. The van der Waals surface area contributed by atoms with Crippen molar-refractivity contribution in [2.24, 2.45) is 4.99 Å². The van der Waals surface area contributed by atoms with Crippen molar-refractivity contribution in [3.63, 3.8) is 0 Å². The largest absolute Gasteiger partial charge is 0.497 e. The molecule has 1 aliphatic rings. The molecule has 0 saturated heterocycles. The van der Waals surface area contributed by atoms with Crippen molar-refractivity contribution in [1.29, 1.82) is 0 Å². The second kappa shape index (κ2) is 11.6. The number of ether oxygens (including phenoxy) is 5. The first-order valence-corrected chi connectivity index (χ1v) is 12.8. The molecule has 1 aliphatic heterocycles. The monoisotopic (exact) mass is 552 g/mol. The molecular weight excluding hydrogens is 524 g/mol. The van der Waals surface area contributed by atoms with Crippen LogP contribution in [0, 0.1) is 0 Å². The van der Waals surface area contributed by atoms with Gasteiger partial charge in [-0.15, -0.1) is 0 Å². The summed E-state index contributed by atoms with van der Waals surface area (Å²) in [5.74, 6) is 0.550. The van der Waals surface area contributed by atoms with Gasteiger partial charge in [-0.1, -0.05) is 17.4 Å². The average Bonchev–Trinajstić information content (AvgIpc) is 3.21. The lowest BCUT2D eigenvalue weighted by Crippen LogP contribution is -2.40. The number of thiazole rings is 1. The zero-order valence-corrected chi connectivity index (χ0v) is 23.2. The molecule has 0 radical (unpaired) electrons. The highest BCUT2D eigenvalue weighted by Crippen LogP contribution is 2.36. The minimum absolute atomic E-state index is 0.150. The van der Waals surface area contributed by atoms with Crippen molar-refractivity contribution >= 4 is 29.4 Å². The fraction of sp³-hybridized carbons (Fsp3) is 0.286. The van der Waals surface area contributed by atoms with Crippen molar-refractivity contribution < 1.29 is 33.3 Å². The molecule has 1 unspecified atom stereocenters. The molecule has 1 aromatic heterocycles. The van der Waals surface area contributed by atoms with Gasteiger partial charge < -0.3 is 23.7 Å². The SMILES string of the molecule is CCOC(=O)C1=C(C)N=c2sc(=Cc3cc(OC)ccc3OC)c(=O)n2C1c1ccc(OC(C)=O)c(OC)c1. The summed E-state index contributed by atoms with van der Waals surface area (Å²) in [5, 5.41) is 0. The lowest BCUT2D eigenvalue weighted by atomic mass is 9.95. The molecule has 2 heterocycles. The van der Waals surface area contributed by atoms with E-state index in [0.29, 0.717) is 37.7 Å². The smallest absolute Gasteiger partial charge is 0.338 e. The summed E-state index contributed by atoms with van der Waals surface area (Å²) in [6, 6.07) is 9.28. The van der Waals surface area contributed by atoms with E-state index in [1.807, 2.05) is 0 Å². The van der Waals surface area contributed by atoms with E-state index >= 15 is 0 Å². The van der Waals surface area contributed by atoms with E-state index in [2.05, 4.69) is 4.99 Å². The van der Waals surface area contributed by atoms with E-state index in [9.17, 15) is 14.4 Å². The van der Waals surface area contributed by atoms with E-state index < -0.39 is 18.0 Å². The maximum atomic E-state index is 13.9. The van der Waals surface area contributed by atoms with E-state index in [1.54, 1.807) is 70.5 Å². The highest BCUT2D eigenvalue weighted by atomic mass is 32.1. The maximum Gasteiger partial charge on any atom is 0.338 e. The molecule has 4 rings (SSSR count). The number of carbonyl (C=O) groups excluding carboxylic acids is 2. The predicted octanol–water partition coefficient (Wildman–Crippen LogP) is 2.75. The molecule has 10 nitrogen and oxygen atoms in total. The zero-order chi connectivity index (χ0) is 28.3. The van der Waals surface area contributed by atoms with Crippen LogP contribution in [0.1, 0.15) is 37.9 Å².